The van der Waals surface area contributed by atoms with Crippen molar-refractivity contribution in [2.75, 3.05) is 18.5 Å². The van der Waals surface area contributed by atoms with E-state index in [1.54, 1.807) is 6.07 Å². The molecule has 1 heterocycles. The predicted molar refractivity (Wildman–Crippen MR) is 59.3 cm³/mol. The summed E-state index contributed by atoms with van der Waals surface area (Å²) in [6.45, 7) is 1.57. The van der Waals surface area contributed by atoms with E-state index in [4.69, 9.17) is 27.9 Å². The van der Waals surface area contributed by atoms with Gasteiger partial charge in [0.1, 0.15) is 0 Å². The van der Waals surface area contributed by atoms with Crippen molar-refractivity contribution in [2.24, 2.45) is 0 Å². The maximum Gasteiger partial charge on any atom is 0.0668 e. The molecule has 0 amide bonds. The van der Waals surface area contributed by atoms with Gasteiger partial charge in [0, 0.05) is 11.6 Å². The van der Waals surface area contributed by atoms with Crippen LogP contribution < -0.4 is 5.32 Å². The quantitative estimate of drug-likeness (QED) is 0.845. The summed E-state index contributed by atoms with van der Waals surface area (Å²) in [5.74, 6) is 0. The fraction of sp³-hybridized carbons (Fsp3) is 0.400. The Kier molecular flexibility index (Phi) is 3.16. The molecule has 0 aliphatic carbocycles. The summed E-state index contributed by atoms with van der Waals surface area (Å²) in [5, 5.41) is 4.63. The highest BCUT2D eigenvalue weighted by Gasteiger charge is 2.15. The molecule has 1 atom stereocenters. The van der Waals surface area contributed by atoms with Gasteiger partial charge in [-0.25, -0.2) is 0 Å². The molecule has 2 nitrogen and oxygen atoms in total. The van der Waals surface area contributed by atoms with Crippen LogP contribution in [0.3, 0.4) is 0 Å². The van der Waals surface area contributed by atoms with E-state index in [-0.39, 0.29) is 0 Å². The Morgan fingerprint density at radius 2 is 2.21 bits per heavy atom. The van der Waals surface area contributed by atoms with Crippen LogP contribution in [0.2, 0.25) is 10.0 Å². The summed E-state index contributed by atoms with van der Waals surface area (Å²) in [6, 6.07) is 5.82. The second kappa shape index (κ2) is 4.39. The summed E-state index contributed by atoms with van der Waals surface area (Å²) in [5.41, 5.74) is 0.923. The van der Waals surface area contributed by atoms with Gasteiger partial charge in [-0.15, -0.1) is 0 Å². The van der Waals surface area contributed by atoms with Crippen molar-refractivity contribution in [3.8, 4) is 0 Å². The third kappa shape index (κ3) is 2.32. The lowest BCUT2D eigenvalue weighted by atomic mass is 10.2. The molecule has 1 aromatic rings. The van der Waals surface area contributed by atoms with Gasteiger partial charge in [0.2, 0.25) is 0 Å². The SMILES string of the molecule is Clc1ccc(NC2CCOC2)c(Cl)c1. The number of benzene rings is 1. The monoisotopic (exact) mass is 231 g/mol. The maximum atomic E-state index is 6.02. The predicted octanol–water partition coefficient (Wildman–Crippen LogP) is 3.19. The highest BCUT2D eigenvalue weighted by Crippen LogP contribution is 2.26. The van der Waals surface area contributed by atoms with Gasteiger partial charge in [-0.3, -0.25) is 0 Å². The van der Waals surface area contributed by atoms with Crippen molar-refractivity contribution in [1.82, 2.24) is 0 Å². The first kappa shape index (κ1) is 10.1. The molecule has 1 N–H and O–H groups in total. The van der Waals surface area contributed by atoms with Crippen LogP contribution in [0.1, 0.15) is 6.42 Å². The molecule has 1 aliphatic rings. The van der Waals surface area contributed by atoms with Crippen LogP contribution in [0.5, 0.6) is 0 Å². The molecule has 14 heavy (non-hydrogen) atoms. The smallest absolute Gasteiger partial charge is 0.0668 e. The highest BCUT2D eigenvalue weighted by atomic mass is 35.5. The average molecular weight is 232 g/mol. The average Bonchev–Trinajstić information content (AvgIpc) is 2.62. The molecule has 76 valence electrons. The molecule has 2 rings (SSSR count). The van der Waals surface area contributed by atoms with Crippen LogP contribution in [0, 0.1) is 0 Å². The standard InChI is InChI=1S/C10H11Cl2NO/c11-7-1-2-10(9(12)5-7)13-8-3-4-14-6-8/h1-2,5,8,13H,3-4,6H2. The van der Waals surface area contributed by atoms with Crippen molar-refractivity contribution in [3.63, 3.8) is 0 Å². The second-order valence-corrected chi connectivity index (χ2v) is 4.17. The lowest BCUT2D eigenvalue weighted by Crippen LogP contribution is -2.18. The second-order valence-electron chi connectivity index (χ2n) is 3.33. The van der Waals surface area contributed by atoms with Crippen LogP contribution >= 0.6 is 23.2 Å². The lowest BCUT2D eigenvalue weighted by Gasteiger charge is -2.13. The van der Waals surface area contributed by atoms with Crippen molar-refractivity contribution in [1.29, 1.82) is 0 Å². The third-order valence-corrected chi connectivity index (χ3v) is 2.77. The van der Waals surface area contributed by atoms with Crippen LogP contribution in [0.15, 0.2) is 18.2 Å². The van der Waals surface area contributed by atoms with E-state index in [1.807, 2.05) is 12.1 Å². The zero-order valence-electron chi connectivity index (χ0n) is 7.59. The van der Waals surface area contributed by atoms with E-state index in [0.717, 1.165) is 25.3 Å². The first-order valence-corrected chi connectivity index (χ1v) is 5.30. The number of hydrogen-bond donors (Lipinski definition) is 1. The molecule has 0 saturated carbocycles. The molecule has 1 aliphatic heterocycles. The van der Waals surface area contributed by atoms with E-state index in [1.165, 1.54) is 0 Å². The molecule has 4 heteroatoms. The Labute approximate surface area is 93.2 Å². The first-order chi connectivity index (χ1) is 6.75. The highest BCUT2D eigenvalue weighted by molar-refractivity contribution is 6.36. The number of nitrogens with one attached hydrogen (secondary N) is 1. The topological polar surface area (TPSA) is 21.3 Å². The van der Waals surface area contributed by atoms with Crippen molar-refractivity contribution in [3.05, 3.63) is 28.2 Å². The largest absolute Gasteiger partial charge is 0.379 e. The van der Waals surface area contributed by atoms with Crippen LogP contribution in [0.4, 0.5) is 5.69 Å². The Balaban J connectivity index is 2.08. The molecule has 1 aromatic carbocycles. The molecule has 0 aromatic heterocycles. The number of ether oxygens (including phenoxy) is 1. The van der Waals surface area contributed by atoms with Gasteiger partial charge in [-0.05, 0) is 24.6 Å². The molecule has 0 radical (unpaired) electrons. The number of anilines is 1. The van der Waals surface area contributed by atoms with E-state index in [2.05, 4.69) is 5.32 Å². The Hall–Kier alpha value is -0.440. The summed E-state index contributed by atoms with van der Waals surface area (Å²) in [7, 11) is 0. The fourth-order valence-corrected chi connectivity index (χ4v) is 1.94. The van der Waals surface area contributed by atoms with E-state index >= 15 is 0 Å². The van der Waals surface area contributed by atoms with Gasteiger partial charge in [0.25, 0.3) is 0 Å². The maximum absolute atomic E-state index is 6.02. The number of halogens is 2. The van der Waals surface area contributed by atoms with Gasteiger partial charge in [0.15, 0.2) is 0 Å². The number of rotatable bonds is 2. The molecular formula is C10H11Cl2NO. The van der Waals surface area contributed by atoms with E-state index in [0.29, 0.717) is 16.1 Å². The lowest BCUT2D eigenvalue weighted by molar-refractivity contribution is 0.195. The van der Waals surface area contributed by atoms with Crippen LogP contribution in [0.25, 0.3) is 0 Å². The Bertz CT molecular complexity index is 324. The number of hydrogen-bond acceptors (Lipinski definition) is 2. The van der Waals surface area contributed by atoms with Crippen molar-refractivity contribution < 1.29 is 4.74 Å². The van der Waals surface area contributed by atoms with Crippen LogP contribution in [-0.2, 0) is 4.74 Å². The van der Waals surface area contributed by atoms with Gasteiger partial charge in [-0.2, -0.15) is 0 Å². The minimum atomic E-state index is 0.369. The van der Waals surface area contributed by atoms with E-state index < -0.39 is 0 Å². The summed E-state index contributed by atoms with van der Waals surface area (Å²) in [4.78, 5) is 0. The Morgan fingerprint density at radius 3 is 2.86 bits per heavy atom. The zero-order chi connectivity index (χ0) is 9.97. The van der Waals surface area contributed by atoms with Crippen molar-refractivity contribution in [2.45, 2.75) is 12.5 Å². The summed E-state index contributed by atoms with van der Waals surface area (Å²) < 4.78 is 5.26. The zero-order valence-corrected chi connectivity index (χ0v) is 9.11. The summed E-state index contributed by atoms with van der Waals surface area (Å²) >= 11 is 11.8. The van der Waals surface area contributed by atoms with Gasteiger partial charge in [0.05, 0.1) is 23.4 Å². The van der Waals surface area contributed by atoms with Gasteiger partial charge < -0.3 is 10.1 Å². The minimum Gasteiger partial charge on any atom is -0.379 e. The molecule has 0 bridgehead atoms. The van der Waals surface area contributed by atoms with Gasteiger partial charge in [-0.1, -0.05) is 23.2 Å². The first-order valence-electron chi connectivity index (χ1n) is 4.55. The molecule has 1 saturated heterocycles. The molecule has 1 unspecified atom stereocenters. The molecule has 1 fully saturated rings. The van der Waals surface area contributed by atoms with Gasteiger partial charge >= 0.3 is 0 Å². The fourth-order valence-electron chi connectivity index (χ4n) is 1.47. The Morgan fingerprint density at radius 1 is 1.36 bits per heavy atom. The molecular weight excluding hydrogens is 221 g/mol. The molecule has 0 spiro atoms. The minimum absolute atomic E-state index is 0.369. The summed E-state index contributed by atoms with van der Waals surface area (Å²) in [6.07, 6.45) is 1.03. The van der Waals surface area contributed by atoms with Crippen LogP contribution in [-0.4, -0.2) is 19.3 Å². The third-order valence-electron chi connectivity index (χ3n) is 2.22. The van der Waals surface area contributed by atoms with E-state index in [9.17, 15) is 0 Å². The van der Waals surface area contributed by atoms with Crippen molar-refractivity contribution >= 4 is 28.9 Å². The normalized spacial score (nSPS) is 21.1.